The van der Waals surface area contributed by atoms with Gasteiger partial charge in [-0.2, -0.15) is 0 Å². The summed E-state index contributed by atoms with van der Waals surface area (Å²) in [6.45, 7) is 3.22. The molecule has 5 rings (SSSR count). The number of carbonyl (C=O) groups excluding carboxylic acids is 2. The van der Waals surface area contributed by atoms with Crippen molar-refractivity contribution in [2.75, 3.05) is 36.3 Å². The predicted octanol–water partition coefficient (Wildman–Crippen LogP) is 2.53. The molecular formula is C23H25N5O4S. The van der Waals surface area contributed by atoms with Crippen molar-refractivity contribution >= 4 is 41.0 Å². The fourth-order valence-corrected chi connectivity index (χ4v) is 4.94. The molecule has 0 N–H and O–H groups in total. The van der Waals surface area contributed by atoms with E-state index in [0.29, 0.717) is 28.7 Å². The number of ether oxygens (including phenoxy) is 2. The summed E-state index contributed by atoms with van der Waals surface area (Å²) in [5.74, 6) is 0.537. The van der Waals surface area contributed by atoms with Crippen molar-refractivity contribution in [1.29, 1.82) is 0 Å². The van der Waals surface area contributed by atoms with E-state index in [-0.39, 0.29) is 11.9 Å². The van der Waals surface area contributed by atoms with Crippen molar-refractivity contribution in [3.8, 4) is 0 Å². The van der Waals surface area contributed by atoms with Crippen LogP contribution in [0.3, 0.4) is 0 Å². The predicted molar refractivity (Wildman–Crippen MR) is 125 cm³/mol. The van der Waals surface area contributed by atoms with Crippen LogP contribution < -0.4 is 9.80 Å². The maximum atomic E-state index is 13.6. The van der Waals surface area contributed by atoms with Crippen molar-refractivity contribution in [2.24, 2.45) is 4.99 Å². The lowest BCUT2D eigenvalue weighted by Crippen LogP contribution is -2.39. The van der Waals surface area contributed by atoms with E-state index in [9.17, 15) is 9.59 Å². The Balaban J connectivity index is 1.51. The molecule has 9 nitrogen and oxygen atoms in total. The first-order chi connectivity index (χ1) is 16.0. The van der Waals surface area contributed by atoms with E-state index < -0.39 is 18.1 Å². The van der Waals surface area contributed by atoms with E-state index in [1.165, 1.54) is 18.9 Å². The van der Waals surface area contributed by atoms with Crippen LogP contribution in [-0.2, 0) is 14.3 Å². The Bertz CT molecular complexity index is 1140. The molecule has 0 spiro atoms. The second-order valence-corrected chi connectivity index (χ2v) is 9.05. The molecule has 172 valence electrons. The monoisotopic (exact) mass is 467 g/mol. The highest BCUT2D eigenvalue weighted by Crippen LogP contribution is 2.34. The molecule has 0 bridgehead atoms. The van der Waals surface area contributed by atoms with Crippen LogP contribution in [0, 0.1) is 0 Å². The number of fused-ring (bicyclic) bond motifs is 3. The Kier molecular flexibility index (Phi) is 5.69. The molecule has 1 aromatic heterocycles. The minimum atomic E-state index is -0.699. The third-order valence-electron chi connectivity index (χ3n) is 6.29. The van der Waals surface area contributed by atoms with Gasteiger partial charge in [-0.1, -0.05) is 17.8 Å². The second kappa shape index (κ2) is 8.66. The van der Waals surface area contributed by atoms with Crippen molar-refractivity contribution in [3.05, 3.63) is 41.6 Å². The topological polar surface area (TPSA) is 97.2 Å². The highest BCUT2D eigenvalue weighted by Gasteiger charge is 2.38. The van der Waals surface area contributed by atoms with E-state index >= 15 is 0 Å². The number of carbonyl (C=O) groups is 2. The molecule has 2 aromatic rings. The van der Waals surface area contributed by atoms with Gasteiger partial charge in [0.2, 0.25) is 5.90 Å². The van der Waals surface area contributed by atoms with Crippen molar-refractivity contribution < 1.29 is 19.1 Å². The van der Waals surface area contributed by atoms with Gasteiger partial charge in [-0.3, -0.25) is 4.79 Å². The average molecular weight is 468 g/mol. The maximum Gasteiger partial charge on any atom is 0.334 e. The van der Waals surface area contributed by atoms with Gasteiger partial charge in [0.05, 0.1) is 7.11 Å². The quantitative estimate of drug-likeness (QED) is 0.384. The van der Waals surface area contributed by atoms with Gasteiger partial charge in [0.1, 0.15) is 17.5 Å². The number of anilines is 2. The first-order valence-electron chi connectivity index (χ1n) is 10.9. The van der Waals surface area contributed by atoms with Crippen molar-refractivity contribution in [1.82, 2.24) is 9.97 Å². The van der Waals surface area contributed by atoms with Crippen molar-refractivity contribution in [2.45, 2.75) is 43.1 Å². The van der Waals surface area contributed by atoms with Gasteiger partial charge in [-0.05, 0) is 44.2 Å². The highest BCUT2D eigenvalue weighted by molar-refractivity contribution is 7.98. The number of esters is 1. The van der Waals surface area contributed by atoms with Gasteiger partial charge in [-0.25, -0.2) is 19.8 Å². The van der Waals surface area contributed by atoms with Crippen LogP contribution in [0.15, 0.2) is 40.6 Å². The van der Waals surface area contributed by atoms with Crippen LogP contribution in [-0.4, -0.2) is 72.4 Å². The molecule has 1 saturated heterocycles. The van der Waals surface area contributed by atoms with Crippen LogP contribution >= 0.6 is 11.8 Å². The Labute approximate surface area is 196 Å². The van der Waals surface area contributed by atoms with Crippen LogP contribution in [0.5, 0.6) is 0 Å². The molecule has 10 heteroatoms. The number of rotatable bonds is 4. The minimum absolute atomic E-state index is 0.126. The number of hydrogen-bond donors (Lipinski definition) is 0. The van der Waals surface area contributed by atoms with E-state index in [2.05, 4.69) is 19.9 Å². The number of methoxy groups -OCH3 is 1. The molecule has 3 aliphatic heterocycles. The number of hydrogen-bond acceptors (Lipinski definition) is 9. The normalized spacial score (nSPS) is 24.0. The molecule has 3 aliphatic rings. The lowest BCUT2D eigenvalue weighted by Gasteiger charge is -2.27. The van der Waals surface area contributed by atoms with Gasteiger partial charge < -0.3 is 19.3 Å². The van der Waals surface area contributed by atoms with Crippen molar-refractivity contribution in [3.63, 3.8) is 0 Å². The number of aliphatic imine (C=N–C) groups is 1. The molecule has 0 aliphatic carbocycles. The fraction of sp³-hybridized carbons (Fsp3) is 0.435. The lowest BCUT2D eigenvalue weighted by molar-refractivity contribution is -0.143. The Morgan fingerprint density at radius 2 is 2.18 bits per heavy atom. The molecule has 0 radical (unpaired) electrons. The average Bonchev–Trinajstić information content (AvgIpc) is 3.45. The zero-order valence-corrected chi connectivity index (χ0v) is 19.5. The number of benzene rings is 1. The SMILES string of the molecule is COC(=O)[C@H]1N=C(c2cccc(N3C[C@@H]4CCCN4c4nc(SC)ncc4C3=O)c2)O[C@H]1C. The van der Waals surface area contributed by atoms with Gasteiger partial charge in [0.15, 0.2) is 11.2 Å². The Morgan fingerprint density at radius 3 is 2.97 bits per heavy atom. The van der Waals surface area contributed by atoms with Gasteiger partial charge in [-0.15, -0.1) is 0 Å². The Hall–Kier alpha value is -3.14. The number of nitrogens with zero attached hydrogens (tertiary/aromatic N) is 5. The molecule has 4 heterocycles. The second-order valence-electron chi connectivity index (χ2n) is 8.27. The zero-order chi connectivity index (χ0) is 23.1. The van der Waals surface area contributed by atoms with E-state index in [4.69, 9.17) is 9.47 Å². The van der Waals surface area contributed by atoms with Crippen LogP contribution in [0.4, 0.5) is 11.5 Å². The number of amides is 1. The summed E-state index contributed by atoms with van der Waals surface area (Å²) in [7, 11) is 1.34. The highest BCUT2D eigenvalue weighted by atomic mass is 32.2. The molecule has 0 saturated carbocycles. The summed E-state index contributed by atoms with van der Waals surface area (Å²) >= 11 is 1.47. The van der Waals surface area contributed by atoms with Crippen LogP contribution in [0.1, 0.15) is 35.7 Å². The summed E-state index contributed by atoms with van der Waals surface area (Å²) in [6, 6.07) is 7.00. The molecule has 0 unspecified atom stereocenters. The molecule has 33 heavy (non-hydrogen) atoms. The van der Waals surface area contributed by atoms with Gasteiger partial charge in [0, 0.05) is 36.6 Å². The van der Waals surface area contributed by atoms with Gasteiger partial charge in [0.25, 0.3) is 5.91 Å². The maximum absolute atomic E-state index is 13.6. The van der Waals surface area contributed by atoms with Crippen LogP contribution in [0.2, 0.25) is 0 Å². The first kappa shape index (κ1) is 21.7. The minimum Gasteiger partial charge on any atom is -0.472 e. The largest absolute Gasteiger partial charge is 0.472 e. The summed E-state index contributed by atoms with van der Waals surface area (Å²) < 4.78 is 10.7. The molecule has 3 atom stereocenters. The molecule has 1 amide bonds. The van der Waals surface area contributed by atoms with E-state index in [1.807, 2.05) is 30.5 Å². The third-order valence-corrected chi connectivity index (χ3v) is 6.85. The summed E-state index contributed by atoms with van der Waals surface area (Å²) in [4.78, 5) is 43.1. The third kappa shape index (κ3) is 3.82. The van der Waals surface area contributed by atoms with Gasteiger partial charge >= 0.3 is 5.97 Å². The molecule has 1 fully saturated rings. The number of thioether (sulfide) groups is 1. The zero-order valence-electron chi connectivity index (χ0n) is 18.7. The standard InChI is InChI=1S/C23H25N5O4S/c1-13-18(22(30)31-2)25-20(32-13)14-6-4-7-15(10-14)28-12-16-8-5-9-27(16)19-17(21(28)29)11-24-23(26-19)33-3/h4,6-7,10-11,13,16,18H,5,8-9,12H2,1-3H3/t13-,16-,18-/m0/s1. The first-order valence-corrected chi connectivity index (χ1v) is 12.1. The summed E-state index contributed by atoms with van der Waals surface area (Å²) in [5.41, 5.74) is 1.96. The summed E-state index contributed by atoms with van der Waals surface area (Å²) in [6.07, 6.45) is 5.20. The molecule has 1 aromatic carbocycles. The van der Waals surface area contributed by atoms with E-state index in [0.717, 1.165) is 30.9 Å². The summed E-state index contributed by atoms with van der Waals surface area (Å²) in [5, 5.41) is 0.660. The Morgan fingerprint density at radius 1 is 1.33 bits per heavy atom. The fourth-order valence-electron chi connectivity index (χ4n) is 4.61. The smallest absolute Gasteiger partial charge is 0.334 e. The molecular weight excluding hydrogens is 442 g/mol. The number of aromatic nitrogens is 2. The lowest BCUT2D eigenvalue weighted by atomic mass is 10.1. The van der Waals surface area contributed by atoms with Crippen LogP contribution in [0.25, 0.3) is 0 Å². The van der Waals surface area contributed by atoms with E-state index in [1.54, 1.807) is 18.0 Å².